The number of piperidine rings is 1. The monoisotopic (exact) mass is 294 g/mol. The van der Waals surface area contributed by atoms with Crippen LogP contribution in [0.2, 0.25) is 0 Å². The van der Waals surface area contributed by atoms with Gasteiger partial charge < -0.3 is 10.0 Å². The van der Waals surface area contributed by atoms with Gasteiger partial charge in [-0.15, -0.1) is 0 Å². The number of fused-ring (bicyclic) bond motifs is 1. The third kappa shape index (κ3) is 2.93. The van der Waals surface area contributed by atoms with Crippen molar-refractivity contribution >= 4 is 11.9 Å². The van der Waals surface area contributed by atoms with Crippen LogP contribution in [0.4, 0.5) is 0 Å². The molecule has 1 atom stereocenters. The Balaban J connectivity index is 1.61. The normalized spacial score (nSPS) is 29.1. The van der Waals surface area contributed by atoms with Crippen LogP contribution in [0, 0.1) is 5.41 Å². The first-order valence-electron chi connectivity index (χ1n) is 8.36. The zero-order valence-electron chi connectivity index (χ0n) is 12.7. The fourth-order valence-electron chi connectivity index (χ4n) is 4.30. The van der Waals surface area contributed by atoms with Gasteiger partial charge in [0.15, 0.2) is 0 Å². The van der Waals surface area contributed by atoms with Gasteiger partial charge in [0.1, 0.15) is 0 Å². The first-order valence-corrected chi connectivity index (χ1v) is 8.36. The van der Waals surface area contributed by atoms with Crippen LogP contribution >= 0.6 is 0 Å². The third-order valence-electron chi connectivity index (χ3n) is 5.69. The van der Waals surface area contributed by atoms with Crippen LogP contribution in [0.5, 0.6) is 0 Å². The molecule has 0 spiro atoms. The van der Waals surface area contributed by atoms with E-state index in [1.165, 1.54) is 19.3 Å². The first-order chi connectivity index (χ1) is 10.1. The number of amides is 1. The highest BCUT2D eigenvalue weighted by molar-refractivity contribution is 5.85. The van der Waals surface area contributed by atoms with Crippen LogP contribution < -0.4 is 0 Å². The van der Waals surface area contributed by atoms with Crippen molar-refractivity contribution in [2.75, 3.05) is 26.2 Å². The molecule has 0 aromatic heterocycles. The second-order valence-electron chi connectivity index (χ2n) is 6.99. The molecule has 2 heterocycles. The van der Waals surface area contributed by atoms with Gasteiger partial charge in [-0.1, -0.05) is 19.3 Å². The molecule has 0 bridgehead atoms. The van der Waals surface area contributed by atoms with Crippen molar-refractivity contribution in [2.24, 2.45) is 5.41 Å². The van der Waals surface area contributed by atoms with Crippen molar-refractivity contribution < 1.29 is 14.7 Å². The lowest BCUT2D eigenvalue weighted by atomic mass is 9.82. The maximum Gasteiger partial charge on any atom is 0.310 e. The van der Waals surface area contributed by atoms with Crippen molar-refractivity contribution in [3.05, 3.63) is 0 Å². The Bertz CT molecular complexity index is 418. The molecule has 21 heavy (non-hydrogen) atoms. The Hall–Kier alpha value is -1.10. The average molecular weight is 294 g/mol. The number of carboxylic acid groups (broad SMARTS) is 1. The Morgan fingerprint density at radius 2 is 1.81 bits per heavy atom. The molecule has 5 nitrogen and oxygen atoms in total. The van der Waals surface area contributed by atoms with E-state index >= 15 is 0 Å². The number of hydrogen-bond donors (Lipinski definition) is 1. The van der Waals surface area contributed by atoms with Crippen LogP contribution in [0.15, 0.2) is 0 Å². The molecule has 0 aromatic rings. The summed E-state index contributed by atoms with van der Waals surface area (Å²) < 4.78 is 0. The number of piperazine rings is 1. The largest absolute Gasteiger partial charge is 0.481 e. The Morgan fingerprint density at radius 1 is 1.05 bits per heavy atom. The fourth-order valence-corrected chi connectivity index (χ4v) is 4.30. The summed E-state index contributed by atoms with van der Waals surface area (Å²) in [7, 11) is 0. The molecular weight excluding hydrogens is 268 g/mol. The van der Waals surface area contributed by atoms with Crippen LogP contribution in [-0.2, 0) is 9.59 Å². The highest BCUT2D eigenvalue weighted by Crippen LogP contribution is 2.42. The van der Waals surface area contributed by atoms with Crippen LogP contribution in [0.25, 0.3) is 0 Å². The molecule has 1 N–H and O–H groups in total. The lowest BCUT2D eigenvalue weighted by molar-refractivity contribution is -0.154. The second kappa shape index (κ2) is 5.95. The summed E-state index contributed by atoms with van der Waals surface area (Å²) in [5.41, 5.74) is -0.777. The predicted molar refractivity (Wildman–Crippen MR) is 78.9 cm³/mol. The Labute approximate surface area is 126 Å². The van der Waals surface area contributed by atoms with E-state index in [4.69, 9.17) is 0 Å². The molecule has 2 aliphatic heterocycles. The molecule has 0 aromatic carbocycles. The number of carbonyl (C=O) groups excluding carboxylic acids is 1. The van der Waals surface area contributed by atoms with E-state index in [9.17, 15) is 14.7 Å². The molecule has 2 saturated heterocycles. The lowest BCUT2D eigenvalue weighted by Crippen LogP contribution is -2.56. The van der Waals surface area contributed by atoms with Gasteiger partial charge in [0.25, 0.3) is 0 Å². The zero-order valence-corrected chi connectivity index (χ0v) is 12.7. The minimum absolute atomic E-state index is 0.0597. The average Bonchev–Trinajstić information content (AvgIpc) is 2.96. The summed E-state index contributed by atoms with van der Waals surface area (Å²) in [6.07, 6.45) is 7.11. The second-order valence-corrected chi connectivity index (χ2v) is 6.99. The smallest absolute Gasteiger partial charge is 0.310 e. The number of carboxylic acids is 1. The number of carbonyl (C=O) groups is 2. The van der Waals surface area contributed by atoms with Crippen molar-refractivity contribution in [2.45, 2.75) is 57.4 Å². The molecule has 0 radical (unpaired) electrons. The Kier molecular flexibility index (Phi) is 4.20. The van der Waals surface area contributed by atoms with Crippen molar-refractivity contribution in [1.82, 2.24) is 9.80 Å². The van der Waals surface area contributed by atoms with Gasteiger partial charge in [-0.2, -0.15) is 0 Å². The summed E-state index contributed by atoms with van der Waals surface area (Å²) in [6.45, 7) is 3.68. The standard InChI is InChI=1S/C16H26N2O3/c19-14(11-16(15(20)21)6-2-3-7-16)18-10-9-17-8-4-1-5-13(17)12-18/h13H,1-12H2,(H,20,21). The maximum atomic E-state index is 12.6. The molecule has 3 fully saturated rings. The summed E-state index contributed by atoms with van der Waals surface area (Å²) in [5, 5.41) is 9.52. The van der Waals surface area contributed by atoms with Gasteiger partial charge in [0, 0.05) is 32.1 Å². The lowest BCUT2D eigenvalue weighted by Gasteiger charge is -2.44. The number of hydrogen-bond acceptors (Lipinski definition) is 3. The zero-order chi connectivity index (χ0) is 14.9. The van der Waals surface area contributed by atoms with Crippen LogP contribution in [-0.4, -0.2) is 59.0 Å². The van der Waals surface area contributed by atoms with Gasteiger partial charge in [-0.25, -0.2) is 0 Å². The van der Waals surface area contributed by atoms with E-state index in [2.05, 4.69) is 4.90 Å². The molecule has 5 heteroatoms. The number of aliphatic carboxylic acids is 1. The summed E-state index contributed by atoms with van der Waals surface area (Å²) in [5.74, 6) is -0.714. The van der Waals surface area contributed by atoms with Crippen molar-refractivity contribution in [1.29, 1.82) is 0 Å². The van der Waals surface area contributed by atoms with Gasteiger partial charge >= 0.3 is 5.97 Å². The quantitative estimate of drug-likeness (QED) is 0.861. The highest BCUT2D eigenvalue weighted by Gasteiger charge is 2.44. The van der Waals surface area contributed by atoms with Crippen molar-refractivity contribution in [3.8, 4) is 0 Å². The fraction of sp³-hybridized carbons (Fsp3) is 0.875. The van der Waals surface area contributed by atoms with Gasteiger partial charge in [-0.05, 0) is 32.2 Å². The van der Waals surface area contributed by atoms with E-state index < -0.39 is 11.4 Å². The molecule has 1 amide bonds. The summed E-state index contributed by atoms with van der Waals surface area (Å²) >= 11 is 0. The first kappa shape index (κ1) is 14.8. The molecule has 118 valence electrons. The van der Waals surface area contributed by atoms with Crippen molar-refractivity contribution in [3.63, 3.8) is 0 Å². The van der Waals surface area contributed by atoms with Crippen LogP contribution in [0.3, 0.4) is 0 Å². The number of rotatable bonds is 3. The molecule has 3 aliphatic rings. The minimum atomic E-state index is -0.777. The van der Waals surface area contributed by atoms with Gasteiger partial charge in [0.2, 0.25) is 5.91 Å². The summed E-state index contributed by atoms with van der Waals surface area (Å²) in [4.78, 5) is 28.6. The number of nitrogens with zero attached hydrogens (tertiary/aromatic N) is 2. The van der Waals surface area contributed by atoms with E-state index in [1.54, 1.807) is 0 Å². The Morgan fingerprint density at radius 3 is 2.52 bits per heavy atom. The minimum Gasteiger partial charge on any atom is -0.481 e. The molecule has 1 saturated carbocycles. The van der Waals surface area contributed by atoms with E-state index in [0.29, 0.717) is 18.9 Å². The van der Waals surface area contributed by atoms with E-state index in [0.717, 1.165) is 39.0 Å². The highest BCUT2D eigenvalue weighted by atomic mass is 16.4. The molecular formula is C16H26N2O3. The summed E-state index contributed by atoms with van der Waals surface area (Å²) in [6, 6.07) is 0.501. The van der Waals surface area contributed by atoms with E-state index in [-0.39, 0.29) is 12.3 Å². The van der Waals surface area contributed by atoms with Gasteiger partial charge in [0.05, 0.1) is 5.41 Å². The third-order valence-corrected chi connectivity index (χ3v) is 5.69. The van der Waals surface area contributed by atoms with Gasteiger partial charge in [-0.3, -0.25) is 14.5 Å². The molecule has 3 rings (SSSR count). The predicted octanol–water partition coefficient (Wildman–Crippen LogP) is 1.72. The topological polar surface area (TPSA) is 60.9 Å². The van der Waals surface area contributed by atoms with E-state index in [1.807, 2.05) is 4.90 Å². The SMILES string of the molecule is O=C(CC1(C(=O)O)CCCC1)N1CCN2CCCCC2C1. The molecule has 1 unspecified atom stereocenters. The van der Waals surface area contributed by atoms with Crippen LogP contribution in [0.1, 0.15) is 51.4 Å². The molecule has 1 aliphatic carbocycles. The maximum absolute atomic E-state index is 12.6.